The SMILES string of the molecule is Cn1c(=O)c2c(SCC(=O)NCCc3ccccc3)nc(C3CCCCC3)nc2n(C)c1=O. The summed E-state index contributed by atoms with van der Waals surface area (Å²) in [5.41, 5.74) is 0.644. The number of nitrogens with zero attached hydrogens (tertiary/aromatic N) is 4. The van der Waals surface area contributed by atoms with Gasteiger partial charge in [-0.25, -0.2) is 14.8 Å². The number of aryl methyl sites for hydroxylation is 1. The quantitative estimate of drug-likeness (QED) is 0.424. The smallest absolute Gasteiger partial charge is 0.332 e. The maximum absolute atomic E-state index is 12.9. The molecule has 1 amide bonds. The topological polar surface area (TPSA) is 98.9 Å². The first kappa shape index (κ1) is 23.2. The number of nitrogens with one attached hydrogen (secondary N) is 1. The van der Waals surface area contributed by atoms with E-state index in [-0.39, 0.29) is 17.6 Å². The van der Waals surface area contributed by atoms with Gasteiger partial charge < -0.3 is 5.32 Å². The van der Waals surface area contributed by atoms with Crippen LogP contribution in [0.15, 0.2) is 44.9 Å². The van der Waals surface area contributed by atoms with Crippen LogP contribution in [0.2, 0.25) is 0 Å². The van der Waals surface area contributed by atoms with Crippen molar-refractivity contribution in [3.63, 3.8) is 0 Å². The second-order valence-corrected chi connectivity index (χ2v) is 9.46. The van der Waals surface area contributed by atoms with Gasteiger partial charge in [-0.05, 0) is 24.8 Å². The molecule has 4 rings (SSSR count). The van der Waals surface area contributed by atoms with E-state index in [1.54, 1.807) is 7.05 Å². The Labute approximate surface area is 196 Å². The first-order valence-electron chi connectivity index (χ1n) is 11.4. The summed E-state index contributed by atoms with van der Waals surface area (Å²) in [5.74, 6) is 0.888. The van der Waals surface area contributed by atoms with Gasteiger partial charge in [0, 0.05) is 26.6 Å². The zero-order valence-electron chi connectivity index (χ0n) is 19.0. The number of thioether (sulfide) groups is 1. The van der Waals surface area contributed by atoms with Crippen LogP contribution in [0.1, 0.15) is 49.4 Å². The van der Waals surface area contributed by atoms with Crippen LogP contribution in [-0.4, -0.2) is 37.3 Å². The number of fused-ring (bicyclic) bond motifs is 1. The molecular formula is C24H29N5O3S. The molecule has 1 N–H and O–H groups in total. The Kier molecular flexibility index (Phi) is 7.27. The lowest BCUT2D eigenvalue weighted by Crippen LogP contribution is -2.38. The first-order valence-corrected chi connectivity index (χ1v) is 12.4. The Bertz CT molecular complexity index is 1260. The van der Waals surface area contributed by atoms with Gasteiger partial charge in [0.05, 0.1) is 5.75 Å². The molecule has 1 aliphatic rings. The molecule has 2 aromatic heterocycles. The minimum Gasteiger partial charge on any atom is -0.355 e. The summed E-state index contributed by atoms with van der Waals surface area (Å²) in [4.78, 5) is 47.3. The van der Waals surface area contributed by atoms with Crippen molar-refractivity contribution in [1.29, 1.82) is 0 Å². The van der Waals surface area contributed by atoms with Gasteiger partial charge in [-0.15, -0.1) is 0 Å². The molecule has 1 aromatic carbocycles. The fraction of sp³-hybridized carbons (Fsp3) is 0.458. The average molecular weight is 468 g/mol. The van der Waals surface area contributed by atoms with E-state index in [4.69, 9.17) is 4.98 Å². The molecule has 2 heterocycles. The van der Waals surface area contributed by atoms with Crippen molar-refractivity contribution in [2.45, 2.75) is 49.5 Å². The van der Waals surface area contributed by atoms with E-state index in [0.717, 1.165) is 42.2 Å². The maximum atomic E-state index is 12.9. The molecule has 1 saturated carbocycles. The van der Waals surface area contributed by atoms with Crippen molar-refractivity contribution in [2.75, 3.05) is 12.3 Å². The van der Waals surface area contributed by atoms with Crippen LogP contribution in [-0.2, 0) is 25.3 Å². The van der Waals surface area contributed by atoms with Gasteiger partial charge in [-0.2, -0.15) is 0 Å². The van der Waals surface area contributed by atoms with Crippen molar-refractivity contribution in [3.8, 4) is 0 Å². The van der Waals surface area contributed by atoms with Crippen molar-refractivity contribution in [3.05, 3.63) is 62.6 Å². The molecule has 1 fully saturated rings. The zero-order valence-corrected chi connectivity index (χ0v) is 19.9. The number of aromatic nitrogens is 4. The Morgan fingerprint density at radius 3 is 2.52 bits per heavy atom. The Morgan fingerprint density at radius 1 is 1.06 bits per heavy atom. The summed E-state index contributed by atoms with van der Waals surface area (Å²) < 4.78 is 2.46. The minimum atomic E-state index is -0.435. The number of carbonyl (C=O) groups excluding carboxylic acids is 1. The molecule has 33 heavy (non-hydrogen) atoms. The largest absolute Gasteiger partial charge is 0.355 e. The van der Waals surface area contributed by atoms with Crippen LogP contribution in [0.4, 0.5) is 0 Å². The summed E-state index contributed by atoms with van der Waals surface area (Å²) >= 11 is 1.23. The summed E-state index contributed by atoms with van der Waals surface area (Å²) in [5, 5.41) is 3.69. The molecule has 174 valence electrons. The fourth-order valence-corrected chi connectivity index (χ4v) is 5.12. The van der Waals surface area contributed by atoms with E-state index >= 15 is 0 Å². The molecule has 0 saturated heterocycles. The summed E-state index contributed by atoms with van der Waals surface area (Å²) in [6.07, 6.45) is 6.18. The molecule has 0 radical (unpaired) electrons. The normalized spacial score (nSPS) is 14.5. The van der Waals surface area contributed by atoms with E-state index in [1.165, 1.54) is 29.8 Å². The predicted molar refractivity (Wildman–Crippen MR) is 130 cm³/mol. The van der Waals surface area contributed by atoms with Gasteiger partial charge >= 0.3 is 5.69 Å². The fourth-order valence-electron chi connectivity index (χ4n) is 4.27. The van der Waals surface area contributed by atoms with Crippen LogP contribution >= 0.6 is 11.8 Å². The minimum absolute atomic E-state index is 0.122. The lowest BCUT2D eigenvalue weighted by atomic mass is 9.89. The van der Waals surface area contributed by atoms with Crippen molar-refractivity contribution >= 4 is 28.7 Å². The third-order valence-electron chi connectivity index (χ3n) is 6.17. The first-order chi connectivity index (χ1) is 16.0. The van der Waals surface area contributed by atoms with E-state index in [0.29, 0.717) is 28.4 Å². The van der Waals surface area contributed by atoms with Gasteiger partial charge in [-0.1, -0.05) is 61.4 Å². The predicted octanol–water partition coefficient (Wildman–Crippen LogP) is 2.53. The average Bonchev–Trinajstić information content (AvgIpc) is 2.85. The maximum Gasteiger partial charge on any atom is 0.332 e. The second kappa shape index (κ2) is 10.3. The van der Waals surface area contributed by atoms with Crippen LogP contribution in [0.3, 0.4) is 0 Å². The summed E-state index contributed by atoms with van der Waals surface area (Å²) in [6.45, 7) is 0.539. The van der Waals surface area contributed by atoms with Gasteiger partial charge in [-0.3, -0.25) is 18.7 Å². The van der Waals surface area contributed by atoms with Gasteiger partial charge in [0.2, 0.25) is 5.91 Å². The molecule has 0 bridgehead atoms. The van der Waals surface area contributed by atoms with E-state index in [9.17, 15) is 14.4 Å². The highest BCUT2D eigenvalue weighted by Crippen LogP contribution is 2.33. The monoisotopic (exact) mass is 467 g/mol. The number of hydrogen-bond acceptors (Lipinski definition) is 6. The standard InChI is InChI=1S/C24H29N5O3S/c1-28-21-19(23(31)29(2)24(28)32)22(27-20(26-21)17-11-7-4-8-12-17)33-15-18(30)25-14-13-16-9-5-3-6-10-16/h3,5-6,9-10,17H,4,7-8,11-15H2,1-2H3,(H,25,30). The number of amides is 1. The van der Waals surface area contributed by atoms with E-state index in [1.807, 2.05) is 30.3 Å². The van der Waals surface area contributed by atoms with Gasteiger partial charge in [0.15, 0.2) is 5.65 Å². The van der Waals surface area contributed by atoms with Crippen LogP contribution in [0.25, 0.3) is 11.0 Å². The lowest BCUT2D eigenvalue weighted by Gasteiger charge is -2.21. The Balaban J connectivity index is 1.57. The third-order valence-corrected chi connectivity index (χ3v) is 7.15. The molecule has 3 aromatic rings. The van der Waals surface area contributed by atoms with Crippen LogP contribution in [0.5, 0.6) is 0 Å². The lowest BCUT2D eigenvalue weighted by molar-refractivity contribution is -0.118. The number of benzene rings is 1. The van der Waals surface area contributed by atoms with Gasteiger partial charge in [0.1, 0.15) is 16.2 Å². The third kappa shape index (κ3) is 5.19. The van der Waals surface area contributed by atoms with Crippen molar-refractivity contribution in [2.24, 2.45) is 14.1 Å². The number of rotatable bonds is 7. The van der Waals surface area contributed by atoms with Gasteiger partial charge in [0.25, 0.3) is 5.56 Å². The van der Waals surface area contributed by atoms with E-state index < -0.39 is 11.2 Å². The molecule has 8 nitrogen and oxygen atoms in total. The zero-order chi connectivity index (χ0) is 23.4. The molecule has 0 aliphatic heterocycles. The second-order valence-electron chi connectivity index (χ2n) is 8.50. The number of carbonyl (C=O) groups is 1. The highest BCUT2D eigenvalue weighted by Gasteiger charge is 2.23. The Hall–Kier alpha value is -2.94. The Morgan fingerprint density at radius 2 is 1.79 bits per heavy atom. The molecular weight excluding hydrogens is 438 g/mol. The van der Waals surface area contributed by atoms with Crippen molar-refractivity contribution in [1.82, 2.24) is 24.4 Å². The molecule has 0 atom stereocenters. The van der Waals surface area contributed by atoms with Crippen LogP contribution in [0, 0.1) is 0 Å². The molecule has 0 unspecified atom stereocenters. The molecule has 9 heteroatoms. The van der Waals surface area contributed by atoms with Crippen LogP contribution < -0.4 is 16.6 Å². The summed E-state index contributed by atoms with van der Waals surface area (Å²) in [6, 6.07) is 9.98. The molecule has 0 spiro atoms. The van der Waals surface area contributed by atoms with E-state index in [2.05, 4.69) is 10.3 Å². The number of hydrogen-bond donors (Lipinski definition) is 1. The summed E-state index contributed by atoms with van der Waals surface area (Å²) in [7, 11) is 3.07. The highest BCUT2D eigenvalue weighted by molar-refractivity contribution is 8.00. The van der Waals surface area contributed by atoms with Crippen molar-refractivity contribution < 1.29 is 4.79 Å². The molecule has 1 aliphatic carbocycles. The highest BCUT2D eigenvalue weighted by atomic mass is 32.2.